The number of fused-ring (bicyclic) bond motifs is 1. The third-order valence-corrected chi connectivity index (χ3v) is 2.03. The van der Waals surface area contributed by atoms with E-state index in [2.05, 4.69) is 22.1 Å². The molecule has 0 aliphatic heterocycles. The molecule has 0 radical (unpaired) electrons. The second-order valence-corrected chi connectivity index (χ2v) is 2.76. The first-order chi connectivity index (χ1) is 7.38. The summed E-state index contributed by atoms with van der Waals surface area (Å²) in [5, 5.41) is 0. The van der Waals surface area contributed by atoms with E-state index in [1.165, 1.54) is 5.56 Å². The van der Waals surface area contributed by atoms with Gasteiger partial charge in [0.1, 0.15) is 6.33 Å². The van der Waals surface area contributed by atoms with E-state index in [9.17, 15) is 0 Å². The highest BCUT2D eigenvalue weighted by Gasteiger charge is 2.07. The summed E-state index contributed by atoms with van der Waals surface area (Å²) in [5.41, 5.74) is 3.54. The zero-order chi connectivity index (χ0) is 11.7. The second kappa shape index (κ2) is 8.16. The molecule has 0 unspecified atom stereocenters. The molecule has 0 saturated heterocycles. The minimum absolute atomic E-state index is 1.10. The van der Waals surface area contributed by atoms with Crippen molar-refractivity contribution in [3.63, 3.8) is 0 Å². The topological polar surface area (TPSA) is 25.8 Å². The molecule has 0 bridgehead atoms. The molecule has 2 nitrogen and oxygen atoms in total. The van der Waals surface area contributed by atoms with Crippen molar-refractivity contribution < 1.29 is 0 Å². The fourth-order valence-corrected chi connectivity index (χ4v) is 1.39. The van der Waals surface area contributed by atoms with Gasteiger partial charge in [0.2, 0.25) is 0 Å². The van der Waals surface area contributed by atoms with E-state index >= 15 is 0 Å². The van der Waals surface area contributed by atoms with E-state index in [0.29, 0.717) is 0 Å². The fourth-order valence-electron chi connectivity index (χ4n) is 1.39. The predicted molar refractivity (Wildman–Crippen MR) is 66.8 cm³/mol. The van der Waals surface area contributed by atoms with Crippen LogP contribution in [0.15, 0.2) is 12.4 Å². The zero-order valence-corrected chi connectivity index (χ0v) is 10.5. The molecule has 2 heteroatoms. The Labute approximate surface area is 93.5 Å². The first-order valence-corrected chi connectivity index (χ1v) is 5.85. The molecule has 0 aromatic carbocycles. The minimum atomic E-state index is 1.10. The Kier molecular flexibility index (Phi) is 7.51. The Bertz CT molecular complexity index is 303. The van der Waals surface area contributed by atoms with Gasteiger partial charge in [-0.15, -0.1) is 0 Å². The van der Waals surface area contributed by atoms with Crippen LogP contribution in [0.4, 0.5) is 0 Å². The minimum Gasteiger partial charge on any atom is -0.241 e. The van der Waals surface area contributed by atoms with Gasteiger partial charge in [-0.1, -0.05) is 33.8 Å². The number of aryl methyl sites for hydroxylation is 1. The average molecular weight is 206 g/mol. The summed E-state index contributed by atoms with van der Waals surface area (Å²) >= 11 is 0. The van der Waals surface area contributed by atoms with E-state index < -0.39 is 0 Å². The summed E-state index contributed by atoms with van der Waals surface area (Å²) < 4.78 is 0. The molecular weight excluding hydrogens is 184 g/mol. The Hall–Kier alpha value is -1.18. The van der Waals surface area contributed by atoms with Gasteiger partial charge < -0.3 is 0 Å². The lowest BCUT2D eigenvalue weighted by molar-refractivity contribution is 0.912. The van der Waals surface area contributed by atoms with Crippen LogP contribution in [-0.2, 0) is 6.42 Å². The van der Waals surface area contributed by atoms with Crippen LogP contribution in [0.25, 0.3) is 6.08 Å². The maximum absolute atomic E-state index is 4.18. The van der Waals surface area contributed by atoms with E-state index in [-0.39, 0.29) is 0 Å². The quantitative estimate of drug-likeness (QED) is 0.645. The summed E-state index contributed by atoms with van der Waals surface area (Å²) in [6, 6.07) is 0. The lowest BCUT2D eigenvalue weighted by Gasteiger charge is -2.09. The Morgan fingerprint density at radius 1 is 1.07 bits per heavy atom. The summed E-state index contributed by atoms with van der Waals surface area (Å²) in [7, 11) is 0. The van der Waals surface area contributed by atoms with Crippen LogP contribution >= 0.6 is 0 Å². The van der Waals surface area contributed by atoms with Crippen LogP contribution in [0.5, 0.6) is 0 Å². The van der Waals surface area contributed by atoms with Crippen molar-refractivity contribution >= 4 is 6.08 Å². The maximum atomic E-state index is 4.18. The average Bonchev–Trinajstić information content (AvgIpc) is 2.35. The summed E-state index contributed by atoms with van der Waals surface area (Å²) in [6.07, 6.45) is 8.09. The van der Waals surface area contributed by atoms with Crippen LogP contribution in [0.1, 0.15) is 51.1 Å². The van der Waals surface area contributed by atoms with Crippen molar-refractivity contribution in [2.45, 2.75) is 47.5 Å². The van der Waals surface area contributed by atoms with E-state index in [4.69, 9.17) is 0 Å². The molecule has 1 aromatic rings. The van der Waals surface area contributed by atoms with Crippen molar-refractivity contribution in [1.29, 1.82) is 0 Å². The SMILES string of the molecule is CC.CC.Cc1ncnc2c1CCC=C2. The molecule has 0 spiro atoms. The molecule has 0 saturated carbocycles. The van der Waals surface area contributed by atoms with Crippen molar-refractivity contribution in [1.82, 2.24) is 9.97 Å². The number of nitrogens with zero attached hydrogens (tertiary/aromatic N) is 2. The molecule has 0 atom stereocenters. The molecule has 0 amide bonds. The largest absolute Gasteiger partial charge is 0.241 e. The van der Waals surface area contributed by atoms with Crippen molar-refractivity contribution in [3.05, 3.63) is 29.4 Å². The molecule has 1 aliphatic rings. The molecule has 1 heterocycles. The summed E-state index contributed by atoms with van der Waals surface area (Å²) in [5.74, 6) is 0. The first-order valence-electron chi connectivity index (χ1n) is 5.85. The van der Waals surface area contributed by atoms with Gasteiger partial charge in [0.05, 0.1) is 5.69 Å². The van der Waals surface area contributed by atoms with Crippen LogP contribution in [0, 0.1) is 6.92 Å². The van der Waals surface area contributed by atoms with Crippen LogP contribution in [0.3, 0.4) is 0 Å². The summed E-state index contributed by atoms with van der Waals surface area (Å²) in [6.45, 7) is 10.0. The van der Waals surface area contributed by atoms with Gasteiger partial charge in [-0.25, -0.2) is 9.97 Å². The lowest BCUT2D eigenvalue weighted by atomic mass is 10.0. The van der Waals surface area contributed by atoms with Crippen molar-refractivity contribution in [2.24, 2.45) is 0 Å². The van der Waals surface area contributed by atoms with E-state index in [1.54, 1.807) is 6.33 Å². The van der Waals surface area contributed by atoms with Gasteiger partial charge in [-0.05, 0) is 31.4 Å². The zero-order valence-electron chi connectivity index (χ0n) is 10.5. The molecule has 1 aliphatic carbocycles. The molecular formula is C13H22N2. The van der Waals surface area contributed by atoms with Crippen LogP contribution in [0.2, 0.25) is 0 Å². The predicted octanol–water partition coefficient (Wildman–Crippen LogP) is 3.80. The van der Waals surface area contributed by atoms with Crippen molar-refractivity contribution in [3.8, 4) is 0 Å². The third-order valence-electron chi connectivity index (χ3n) is 2.03. The number of allylic oxidation sites excluding steroid dienone is 1. The molecule has 1 aromatic heterocycles. The molecule has 2 rings (SSSR count). The standard InChI is InChI=1S/C9H10N2.2C2H6/c1-7-8-4-2-3-5-9(8)11-6-10-7;2*1-2/h3,5-6H,2,4H2,1H3;2*1-2H3. The summed E-state index contributed by atoms with van der Waals surface area (Å²) in [4.78, 5) is 8.33. The molecule has 15 heavy (non-hydrogen) atoms. The highest BCUT2D eigenvalue weighted by molar-refractivity contribution is 5.52. The highest BCUT2D eigenvalue weighted by atomic mass is 14.8. The van der Waals surface area contributed by atoms with Gasteiger partial charge in [0, 0.05) is 5.69 Å². The fraction of sp³-hybridized carbons (Fsp3) is 0.538. The number of hydrogen-bond donors (Lipinski definition) is 0. The van der Waals surface area contributed by atoms with Crippen LogP contribution < -0.4 is 0 Å². The second-order valence-electron chi connectivity index (χ2n) is 2.76. The first kappa shape index (κ1) is 13.8. The molecule has 0 fully saturated rings. The number of aromatic nitrogens is 2. The highest BCUT2D eigenvalue weighted by Crippen LogP contribution is 2.17. The van der Waals surface area contributed by atoms with Gasteiger partial charge in [-0.2, -0.15) is 0 Å². The van der Waals surface area contributed by atoms with Gasteiger partial charge in [-0.3, -0.25) is 0 Å². The van der Waals surface area contributed by atoms with Gasteiger partial charge >= 0.3 is 0 Å². The lowest BCUT2D eigenvalue weighted by Crippen LogP contribution is -2.01. The Balaban J connectivity index is 0.000000442. The third kappa shape index (κ3) is 3.82. The maximum Gasteiger partial charge on any atom is 0.116 e. The number of hydrogen-bond acceptors (Lipinski definition) is 2. The smallest absolute Gasteiger partial charge is 0.116 e. The van der Waals surface area contributed by atoms with Crippen LogP contribution in [-0.4, -0.2) is 9.97 Å². The van der Waals surface area contributed by atoms with Gasteiger partial charge in [0.25, 0.3) is 0 Å². The number of rotatable bonds is 0. The Morgan fingerprint density at radius 3 is 2.33 bits per heavy atom. The molecule has 84 valence electrons. The van der Waals surface area contributed by atoms with Gasteiger partial charge in [0.15, 0.2) is 0 Å². The van der Waals surface area contributed by atoms with E-state index in [1.807, 2.05) is 34.6 Å². The van der Waals surface area contributed by atoms with Crippen molar-refractivity contribution in [2.75, 3.05) is 0 Å². The molecule has 0 N–H and O–H groups in total. The monoisotopic (exact) mass is 206 g/mol. The Morgan fingerprint density at radius 2 is 1.73 bits per heavy atom. The normalized spacial score (nSPS) is 11.5. The van der Waals surface area contributed by atoms with E-state index in [0.717, 1.165) is 24.2 Å².